The van der Waals surface area contributed by atoms with Gasteiger partial charge in [-0.1, -0.05) is 0 Å². The van der Waals surface area contributed by atoms with Crippen LogP contribution in [0.15, 0.2) is 55.0 Å². The number of H-pyrrole nitrogens is 1. The van der Waals surface area contributed by atoms with E-state index in [4.69, 9.17) is 9.47 Å². The molecule has 3 aromatic heterocycles. The molecule has 0 bridgehead atoms. The van der Waals surface area contributed by atoms with Crippen LogP contribution in [0.4, 0.5) is 0 Å². The number of carbonyl (C=O) groups excluding carboxylic acids is 1. The van der Waals surface area contributed by atoms with E-state index in [9.17, 15) is 4.79 Å². The van der Waals surface area contributed by atoms with E-state index in [1.54, 1.807) is 24.2 Å². The second kappa shape index (κ2) is 8.23. The Morgan fingerprint density at radius 1 is 1.23 bits per heavy atom. The van der Waals surface area contributed by atoms with Crippen molar-refractivity contribution in [3.63, 3.8) is 0 Å². The molecule has 1 saturated heterocycles. The minimum absolute atomic E-state index is 0.181. The Labute approximate surface area is 179 Å². The maximum absolute atomic E-state index is 12.2. The van der Waals surface area contributed by atoms with Crippen LogP contribution < -0.4 is 4.74 Å². The number of aromatic amines is 1. The Morgan fingerprint density at radius 3 is 2.87 bits per heavy atom. The van der Waals surface area contributed by atoms with Gasteiger partial charge in [-0.3, -0.25) is 9.78 Å². The van der Waals surface area contributed by atoms with Gasteiger partial charge in [-0.25, -0.2) is 4.68 Å². The predicted molar refractivity (Wildman–Crippen MR) is 115 cm³/mol. The molecule has 5 rings (SSSR count). The number of rotatable bonds is 7. The summed E-state index contributed by atoms with van der Waals surface area (Å²) in [7, 11) is 1.64. The molecule has 8 nitrogen and oxygen atoms in total. The third kappa shape index (κ3) is 4.02. The van der Waals surface area contributed by atoms with Gasteiger partial charge < -0.3 is 19.4 Å². The fourth-order valence-electron chi connectivity index (χ4n) is 3.85. The normalized spacial score (nSPS) is 14.0. The number of hydrogen-bond donors (Lipinski definition) is 1. The van der Waals surface area contributed by atoms with Crippen molar-refractivity contribution in [3.05, 3.63) is 66.2 Å². The Kier molecular flexibility index (Phi) is 5.13. The predicted octanol–water partition coefficient (Wildman–Crippen LogP) is 3.81. The van der Waals surface area contributed by atoms with Crippen LogP contribution in [0.2, 0.25) is 0 Å². The van der Waals surface area contributed by atoms with Crippen molar-refractivity contribution in [2.45, 2.75) is 26.0 Å². The molecule has 0 saturated carbocycles. The molecular weight excluding hydrogens is 394 g/mol. The maximum atomic E-state index is 12.2. The number of pyridine rings is 1. The number of nitrogens with one attached hydrogen (secondary N) is 1. The largest absolute Gasteiger partial charge is 0.455 e. The number of amides is 1. The van der Waals surface area contributed by atoms with Gasteiger partial charge in [-0.2, -0.15) is 5.10 Å². The smallest absolute Gasteiger partial charge is 0.222 e. The monoisotopic (exact) mass is 417 g/mol. The van der Waals surface area contributed by atoms with E-state index in [0.29, 0.717) is 31.1 Å². The van der Waals surface area contributed by atoms with Crippen LogP contribution in [0.3, 0.4) is 0 Å². The highest BCUT2D eigenvalue weighted by Crippen LogP contribution is 2.32. The number of nitrogens with zero attached hydrogens (tertiary/aromatic N) is 4. The van der Waals surface area contributed by atoms with E-state index in [-0.39, 0.29) is 5.91 Å². The molecule has 1 aromatic carbocycles. The third-order valence-electron chi connectivity index (χ3n) is 5.39. The zero-order valence-corrected chi connectivity index (χ0v) is 17.2. The highest BCUT2D eigenvalue weighted by molar-refractivity contribution is 5.85. The van der Waals surface area contributed by atoms with E-state index < -0.39 is 0 Å². The quantitative estimate of drug-likeness (QED) is 0.494. The topological polar surface area (TPSA) is 85.3 Å². The second-order valence-corrected chi connectivity index (χ2v) is 7.59. The fraction of sp³-hybridized carbons (Fsp3) is 0.261. The van der Waals surface area contributed by atoms with Gasteiger partial charge >= 0.3 is 0 Å². The zero-order valence-electron chi connectivity index (χ0n) is 17.2. The summed E-state index contributed by atoms with van der Waals surface area (Å²) in [6.45, 7) is 1.73. The first-order valence-electron chi connectivity index (χ1n) is 10.2. The molecule has 4 heterocycles. The lowest BCUT2D eigenvalue weighted by Gasteiger charge is -2.18. The van der Waals surface area contributed by atoms with Crippen molar-refractivity contribution in [2.75, 3.05) is 13.7 Å². The van der Waals surface area contributed by atoms with Crippen LogP contribution in [0.1, 0.15) is 24.1 Å². The van der Waals surface area contributed by atoms with E-state index in [2.05, 4.69) is 21.1 Å². The van der Waals surface area contributed by atoms with E-state index >= 15 is 0 Å². The van der Waals surface area contributed by atoms with Gasteiger partial charge in [0.1, 0.15) is 17.3 Å². The summed E-state index contributed by atoms with van der Waals surface area (Å²) >= 11 is 0. The van der Waals surface area contributed by atoms with Crippen LogP contribution in [0.5, 0.6) is 11.5 Å². The summed E-state index contributed by atoms with van der Waals surface area (Å²) in [4.78, 5) is 21.9. The Hall–Kier alpha value is -3.65. The highest BCUT2D eigenvalue weighted by Gasteiger charge is 2.22. The molecule has 0 aliphatic carbocycles. The summed E-state index contributed by atoms with van der Waals surface area (Å²) in [5.74, 6) is 2.39. The number of likely N-dealkylation sites (tertiary alicyclic amines) is 1. The number of benzene rings is 1. The molecule has 1 amide bonds. The summed E-state index contributed by atoms with van der Waals surface area (Å²) in [6, 6.07) is 11.7. The highest BCUT2D eigenvalue weighted by atomic mass is 16.5. The number of methoxy groups -OCH3 is 1. The second-order valence-electron chi connectivity index (χ2n) is 7.59. The van der Waals surface area contributed by atoms with Crippen LogP contribution in [-0.4, -0.2) is 44.2 Å². The minimum Gasteiger partial charge on any atom is -0.455 e. The summed E-state index contributed by atoms with van der Waals surface area (Å²) < 4.78 is 13.1. The molecule has 0 unspecified atom stereocenters. The van der Waals surface area contributed by atoms with Gasteiger partial charge in [-0.15, -0.1) is 0 Å². The molecular formula is C23H23N5O3. The van der Waals surface area contributed by atoms with Crippen molar-refractivity contribution in [2.24, 2.45) is 0 Å². The molecule has 1 N–H and O–H groups in total. The summed E-state index contributed by atoms with van der Waals surface area (Å²) in [5.41, 5.74) is 2.74. The average Bonchev–Trinajstić information content (AvgIpc) is 3.51. The number of aromatic nitrogens is 4. The van der Waals surface area contributed by atoms with E-state index in [1.807, 2.05) is 41.4 Å². The Morgan fingerprint density at radius 2 is 2.16 bits per heavy atom. The molecule has 4 aromatic rings. The fourth-order valence-corrected chi connectivity index (χ4v) is 3.85. The lowest BCUT2D eigenvalue weighted by atomic mass is 10.1. The lowest BCUT2D eigenvalue weighted by Crippen LogP contribution is -2.24. The van der Waals surface area contributed by atoms with Gasteiger partial charge in [-0.05, 0) is 42.8 Å². The molecule has 158 valence electrons. The van der Waals surface area contributed by atoms with Gasteiger partial charge in [0.05, 0.1) is 18.5 Å². The number of fused-ring (bicyclic) bond motifs is 1. The first kappa shape index (κ1) is 19.3. The minimum atomic E-state index is 0.181. The first-order valence-corrected chi connectivity index (χ1v) is 10.2. The molecule has 31 heavy (non-hydrogen) atoms. The molecule has 0 radical (unpaired) electrons. The van der Waals surface area contributed by atoms with Gasteiger partial charge in [0.25, 0.3) is 0 Å². The van der Waals surface area contributed by atoms with Gasteiger partial charge in [0.15, 0.2) is 0 Å². The Balaban J connectivity index is 1.51. The zero-order chi connectivity index (χ0) is 21.2. The molecule has 0 atom stereocenters. The number of ether oxygens (including phenoxy) is 2. The van der Waals surface area contributed by atoms with Crippen LogP contribution in [0, 0.1) is 0 Å². The molecule has 1 aliphatic rings. The molecule has 0 spiro atoms. The van der Waals surface area contributed by atoms with Crippen molar-refractivity contribution in [3.8, 4) is 17.3 Å². The van der Waals surface area contributed by atoms with Crippen LogP contribution in [0.25, 0.3) is 16.7 Å². The van der Waals surface area contributed by atoms with Crippen LogP contribution in [-0.2, 0) is 22.7 Å². The molecule has 1 fully saturated rings. The summed E-state index contributed by atoms with van der Waals surface area (Å²) in [6.07, 6.45) is 6.82. The first-order chi connectivity index (χ1) is 15.2. The maximum Gasteiger partial charge on any atom is 0.222 e. The van der Waals surface area contributed by atoms with Crippen molar-refractivity contribution in [1.82, 2.24) is 24.6 Å². The lowest BCUT2D eigenvalue weighted by molar-refractivity contribution is -0.128. The molecule has 8 heteroatoms. The van der Waals surface area contributed by atoms with Gasteiger partial charge in [0.2, 0.25) is 5.91 Å². The third-order valence-corrected chi connectivity index (χ3v) is 5.39. The van der Waals surface area contributed by atoms with E-state index in [0.717, 1.165) is 40.9 Å². The van der Waals surface area contributed by atoms with Crippen molar-refractivity contribution in [1.29, 1.82) is 0 Å². The van der Waals surface area contributed by atoms with Crippen molar-refractivity contribution >= 4 is 16.8 Å². The average molecular weight is 417 g/mol. The van der Waals surface area contributed by atoms with Gasteiger partial charge in [0, 0.05) is 55.5 Å². The SMILES string of the molecule is COCc1ccc(Oc2cc3cc(-n4cccn4)[nH]c3cc2CN2CCCC2=O)cn1. The molecule has 1 aliphatic heterocycles. The Bertz CT molecular complexity index is 1200. The number of carbonyl (C=O) groups is 1. The number of hydrogen-bond acceptors (Lipinski definition) is 5. The summed E-state index contributed by atoms with van der Waals surface area (Å²) in [5, 5.41) is 5.29. The van der Waals surface area contributed by atoms with E-state index in [1.165, 1.54) is 0 Å². The standard InChI is InChI=1S/C23H23N5O3/c1-30-15-18-5-6-19(13-24-18)31-21-11-16-12-22(28-9-3-7-25-28)26-20(16)10-17(21)14-27-8-2-4-23(27)29/h3,5-7,9-13,26H,2,4,8,14-15H2,1H3. The van der Waals surface area contributed by atoms with Crippen LogP contribution >= 0.6 is 0 Å². The van der Waals surface area contributed by atoms with Crippen molar-refractivity contribution < 1.29 is 14.3 Å².